The molecule has 0 N–H and O–H groups in total. The Morgan fingerprint density at radius 2 is 1.62 bits per heavy atom. The van der Waals surface area contributed by atoms with Gasteiger partial charge >= 0.3 is 37.9 Å². The van der Waals surface area contributed by atoms with Gasteiger partial charge < -0.3 is 0 Å². The van der Waals surface area contributed by atoms with Crippen LogP contribution in [0.25, 0.3) is 11.1 Å². The molecule has 1 aliphatic carbocycles. The maximum absolute atomic E-state index is 4.93. The van der Waals surface area contributed by atoms with Gasteiger partial charge in [-0.15, -0.1) is 0 Å². The zero-order chi connectivity index (χ0) is 15.2. The second kappa shape index (κ2) is 8.51. The third-order valence-electron chi connectivity index (χ3n) is 4.25. The number of hydrogen-bond donors (Lipinski definition) is 0. The van der Waals surface area contributed by atoms with Gasteiger partial charge in [-0.1, -0.05) is 62.4 Å². The predicted molar refractivity (Wildman–Crippen MR) is 89.3 cm³/mol. The van der Waals surface area contributed by atoms with Gasteiger partial charge in [0.1, 0.15) is 0 Å². The van der Waals surface area contributed by atoms with E-state index in [2.05, 4.69) is 62.4 Å². The minimum atomic E-state index is -0.826. The van der Waals surface area contributed by atoms with Crippen LogP contribution in [0.3, 0.4) is 0 Å². The Morgan fingerprint density at radius 3 is 2.24 bits per heavy atom. The molecule has 0 saturated heterocycles. The van der Waals surface area contributed by atoms with Gasteiger partial charge in [0, 0.05) is 0 Å². The number of fused-ring (bicyclic) bond motifs is 1. The molecule has 0 spiro atoms. The van der Waals surface area contributed by atoms with Crippen LogP contribution in [0.5, 0.6) is 0 Å². The molecule has 21 heavy (non-hydrogen) atoms. The van der Waals surface area contributed by atoms with Gasteiger partial charge in [0.15, 0.2) is 0 Å². The first-order valence-electron chi connectivity index (χ1n) is 7.29. The molecule has 3 rings (SSSR count). The van der Waals surface area contributed by atoms with Crippen LogP contribution < -0.4 is 0 Å². The van der Waals surface area contributed by atoms with E-state index in [1.54, 1.807) is 11.1 Å². The fraction of sp³-hybridized carbons (Fsp3) is 0.333. The van der Waals surface area contributed by atoms with E-state index in [1.165, 1.54) is 24.0 Å². The van der Waals surface area contributed by atoms with Gasteiger partial charge in [-0.3, -0.25) is 0 Å². The normalized spacial score (nSPS) is 16.1. The summed E-state index contributed by atoms with van der Waals surface area (Å²) in [4.78, 5) is 0. The Morgan fingerprint density at radius 1 is 0.952 bits per heavy atom. The van der Waals surface area contributed by atoms with Crippen LogP contribution in [0.2, 0.25) is 0 Å². The molecule has 2 aromatic rings. The van der Waals surface area contributed by atoms with E-state index in [1.807, 2.05) is 0 Å². The molecule has 0 radical (unpaired) electrons. The molecule has 0 saturated carbocycles. The zero-order valence-corrected chi connectivity index (χ0v) is 16.4. The van der Waals surface area contributed by atoms with E-state index in [0.717, 1.165) is 11.8 Å². The standard InChI is InChI=1S/C18H20.2ClH.Zr/c1-13(2)16-11-15-9-6-10-17(18(15)12-16)14-7-4-3-5-8-14;;;/h3-10,13,16H,11-12H2,1-2H3;2*1H;/q;;;+2/p-2. The maximum atomic E-state index is 4.93. The Kier molecular flexibility index (Phi) is 7.00. The first kappa shape index (κ1) is 17.3. The molecule has 0 aliphatic heterocycles. The van der Waals surface area contributed by atoms with Crippen molar-refractivity contribution in [1.29, 1.82) is 0 Å². The van der Waals surface area contributed by atoms with Gasteiger partial charge in [-0.25, -0.2) is 0 Å². The number of halogens is 2. The number of benzene rings is 2. The van der Waals surface area contributed by atoms with Crippen molar-refractivity contribution >= 4 is 17.0 Å². The van der Waals surface area contributed by atoms with Crippen molar-refractivity contribution in [3.8, 4) is 11.1 Å². The summed E-state index contributed by atoms with van der Waals surface area (Å²) in [5.41, 5.74) is 5.95. The summed E-state index contributed by atoms with van der Waals surface area (Å²) in [6.45, 7) is 4.69. The van der Waals surface area contributed by atoms with E-state index in [-0.39, 0.29) is 0 Å². The van der Waals surface area contributed by atoms with Crippen molar-refractivity contribution in [1.82, 2.24) is 0 Å². The van der Waals surface area contributed by atoms with Gasteiger partial charge in [-0.05, 0) is 46.9 Å². The summed E-state index contributed by atoms with van der Waals surface area (Å²) in [5, 5.41) is 0. The van der Waals surface area contributed by atoms with Gasteiger partial charge in [-0.2, -0.15) is 0 Å². The van der Waals surface area contributed by atoms with E-state index < -0.39 is 20.8 Å². The molecule has 3 heteroatoms. The van der Waals surface area contributed by atoms with Crippen molar-refractivity contribution in [2.24, 2.45) is 11.8 Å². The van der Waals surface area contributed by atoms with Gasteiger partial charge in [0.2, 0.25) is 0 Å². The van der Waals surface area contributed by atoms with Crippen molar-refractivity contribution in [2.45, 2.75) is 26.7 Å². The fourth-order valence-corrected chi connectivity index (χ4v) is 3.04. The second-order valence-electron chi connectivity index (χ2n) is 5.79. The third kappa shape index (κ3) is 4.44. The van der Waals surface area contributed by atoms with Gasteiger partial charge in [0.05, 0.1) is 0 Å². The predicted octanol–water partition coefficient (Wildman–Crippen LogP) is 6.10. The quantitative estimate of drug-likeness (QED) is 0.573. The summed E-state index contributed by atoms with van der Waals surface area (Å²) in [7, 11) is 9.87. The average Bonchev–Trinajstić information content (AvgIpc) is 2.93. The molecule has 0 aromatic heterocycles. The van der Waals surface area contributed by atoms with Crippen molar-refractivity contribution in [2.75, 3.05) is 0 Å². The van der Waals surface area contributed by atoms with Crippen LogP contribution in [-0.4, -0.2) is 0 Å². The average molecular weight is 398 g/mol. The van der Waals surface area contributed by atoms with Crippen LogP contribution in [0.15, 0.2) is 48.5 Å². The molecule has 0 heterocycles. The van der Waals surface area contributed by atoms with E-state index in [0.29, 0.717) is 0 Å². The molecular weight excluding hydrogens is 378 g/mol. The summed E-state index contributed by atoms with van der Waals surface area (Å²) in [6.07, 6.45) is 2.51. The molecule has 1 unspecified atom stereocenters. The summed E-state index contributed by atoms with van der Waals surface area (Å²) >= 11 is -0.826. The molecular formula is C18H20Cl2Zr. The van der Waals surface area contributed by atoms with Crippen LogP contribution >= 0.6 is 17.0 Å². The van der Waals surface area contributed by atoms with E-state index >= 15 is 0 Å². The Hall–Kier alpha value is -0.0969. The van der Waals surface area contributed by atoms with E-state index in [4.69, 9.17) is 17.0 Å². The minimum absolute atomic E-state index is 0.779. The first-order valence-corrected chi connectivity index (χ1v) is 13.6. The first-order chi connectivity index (χ1) is 10.2. The molecule has 1 atom stereocenters. The SMILES string of the molecule is CC(C)C1Cc2cccc(-c3ccccc3)c2C1.[Cl][Zr][Cl]. The summed E-state index contributed by atoms with van der Waals surface area (Å²) < 4.78 is 0. The van der Waals surface area contributed by atoms with Crippen LogP contribution in [0.1, 0.15) is 25.0 Å². The monoisotopic (exact) mass is 396 g/mol. The molecule has 0 nitrogen and oxygen atoms in total. The van der Waals surface area contributed by atoms with Gasteiger partial charge in [0.25, 0.3) is 0 Å². The molecule has 1 aliphatic rings. The zero-order valence-electron chi connectivity index (χ0n) is 12.4. The molecule has 110 valence electrons. The van der Waals surface area contributed by atoms with Crippen molar-refractivity contribution in [3.63, 3.8) is 0 Å². The summed E-state index contributed by atoms with van der Waals surface area (Å²) in [5.74, 6) is 1.60. The Balaban J connectivity index is 0.000000497. The molecule has 2 aromatic carbocycles. The Labute approximate surface area is 146 Å². The number of rotatable bonds is 2. The van der Waals surface area contributed by atoms with Crippen LogP contribution in [-0.2, 0) is 33.7 Å². The molecule has 0 fully saturated rings. The second-order valence-corrected chi connectivity index (χ2v) is 9.52. The summed E-state index contributed by atoms with van der Waals surface area (Å²) in [6, 6.07) is 17.6. The van der Waals surface area contributed by atoms with E-state index in [9.17, 15) is 0 Å². The van der Waals surface area contributed by atoms with Crippen molar-refractivity contribution < 1.29 is 20.8 Å². The molecule has 0 bridgehead atoms. The van der Waals surface area contributed by atoms with Crippen molar-refractivity contribution in [3.05, 3.63) is 59.7 Å². The third-order valence-corrected chi connectivity index (χ3v) is 4.25. The number of hydrogen-bond acceptors (Lipinski definition) is 0. The van der Waals surface area contributed by atoms with Crippen LogP contribution in [0.4, 0.5) is 0 Å². The topological polar surface area (TPSA) is 0 Å². The Bertz CT molecular complexity index is 567. The fourth-order valence-electron chi connectivity index (χ4n) is 3.04. The van der Waals surface area contributed by atoms with Crippen LogP contribution in [0, 0.1) is 11.8 Å². The molecule has 0 amide bonds.